The van der Waals surface area contributed by atoms with Crippen molar-refractivity contribution in [3.05, 3.63) is 71.3 Å². The van der Waals surface area contributed by atoms with E-state index in [4.69, 9.17) is 4.74 Å². The van der Waals surface area contributed by atoms with Gasteiger partial charge in [-0.15, -0.1) is 0 Å². The monoisotopic (exact) mass is 467 g/mol. The van der Waals surface area contributed by atoms with Crippen molar-refractivity contribution in [1.82, 2.24) is 5.32 Å². The van der Waals surface area contributed by atoms with Gasteiger partial charge in [0, 0.05) is 11.6 Å². The third-order valence-electron chi connectivity index (χ3n) is 10.5. The van der Waals surface area contributed by atoms with E-state index in [0.717, 1.165) is 6.42 Å². The molecule has 2 heteroatoms. The van der Waals surface area contributed by atoms with Crippen molar-refractivity contribution in [2.24, 2.45) is 11.3 Å². The predicted molar refractivity (Wildman–Crippen MR) is 145 cm³/mol. The fraction of sp³-hybridized carbons (Fsp3) is 0.576. The summed E-state index contributed by atoms with van der Waals surface area (Å²) in [5.41, 5.74) is 4.99. The first-order chi connectivity index (χ1) is 16.7. The molecule has 2 unspecified atom stereocenters. The molecule has 7 rings (SSSR count). The van der Waals surface area contributed by atoms with Crippen LogP contribution in [0.2, 0.25) is 0 Å². The van der Waals surface area contributed by atoms with Crippen molar-refractivity contribution in [3.63, 3.8) is 0 Å². The van der Waals surface area contributed by atoms with Crippen LogP contribution in [0.15, 0.2) is 65.8 Å². The van der Waals surface area contributed by atoms with E-state index in [1.165, 1.54) is 66.9 Å². The van der Waals surface area contributed by atoms with E-state index >= 15 is 0 Å². The summed E-state index contributed by atoms with van der Waals surface area (Å²) in [7, 11) is 0. The summed E-state index contributed by atoms with van der Waals surface area (Å²) in [4.78, 5) is 0. The minimum atomic E-state index is -0.0638. The lowest BCUT2D eigenvalue weighted by Gasteiger charge is -2.54. The van der Waals surface area contributed by atoms with Crippen LogP contribution in [0.25, 0.3) is 10.8 Å². The van der Waals surface area contributed by atoms with Gasteiger partial charge in [0.2, 0.25) is 0 Å². The van der Waals surface area contributed by atoms with Crippen LogP contribution in [0.1, 0.15) is 90.5 Å². The van der Waals surface area contributed by atoms with Gasteiger partial charge in [0.25, 0.3) is 0 Å². The summed E-state index contributed by atoms with van der Waals surface area (Å²) in [5, 5.41) is 6.64. The fourth-order valence-corrected chi connectivity index (χ4v) is 9.12. The van der Waals surface area contributed by atoms with Gasteiger partial charge in [0.15, 0.2) is 0 Å². The van der Waals surface area contributed by atoms with Crippen LogP contribution in [-0.2, 0) is 4.74 Å². The molecule has 1 N–H and O–H groups in total. The van der Waals surface area contributed by atoms with E-state index < -0.39 is 0 Å². The Balaban J connectivity index is 1.24. The molecule has 2 aromatic carbocycles. The zero-order valence-corrected chi connectivity index (χ0v) is 22.0. The van der Waals surface area contributed by atoms with E-state index in [-0.39, 0.29) is 22.2 Å². The fourth-order valence-electron chi connectivity index (χ4n) is 9.12. The van der Waals surface area contributed by atoms with Gasteiger partial charge >= 0.3 is 0 Å². The molecule has 35 heavy (non-hydrogen) atoms. The number of hydrogen-bond acceptors (Lipinski definition) is 2. The molecule has 6 atom stereocenters. The van der Waals surface area contributed by atoms with E-state index in [1.807, 2.05) is 0 Å². The number of ether oxygens (including phenoxy) is 1. The summed E-state index contributed by atoms with van der Waals surface area (Å²) >= 11 is 0. The van der Waals surface area contributed by atoms with Crippen LogP contribution in [0, 0.1) is 11.3 Å². The van der Waals surface area contributed by atoms with Crippen molar-refractivity contribution >= 4 is 10.8 Å². The number of nitrogens with one attached hydrogen (secondary N) is 1. The molecular formula is C33H41NO. The van der Waals surface area contributed by atoms with Crippen LogP contribution in [0.5, 0.6) is 0 Å². The van der Waals surface area contributed by atoms with E-state index in [9.17, 15) is 0 Å². The molecule has 2 heterocycles. The molecular weight excluding hydrogens is 426 g/mol. The van der Waals surface area contributed by atoms with Crippen LogP contribution in [0.3, 0.4) is 0 Å². The van der Waals surface area contributed by atoms with Crippen molar-refractivity contribution in [1.29, 1.82) is 0 Å². The van der Waals surface area contributed by atoms with Gasteiger partial charge in [0.05, 0.1) is 11.2 Å². The van der Waals surface area contributed by atoms with E-state index in [0.29, 0.717) is 17.9 Å². The molecule has 2 bridgehead atoms. The van der Waals surface area contributed by atoms with Crippen LogP contribution in [-0.4, -0.2) is 22.8 Å². The number of hydrogen-bond donors (Lipinski definition) is 1. The third kappa shape index (κ3) is 3.22. The Hall–Kier alpha value is -1.90. The second-order valence-electron chi connectivity index (χ2n) is 13.6. The number of allylic oxidation sites excluding steroid dienone is 1. The highest BCUT2D eigenvalue weighted by Crippen LogP contribution is 2.69. The first-order valence-electron chi connectivity index (χ1n) is 14.1. The maximum absolute atomic E-state index is 7.48. The van der Waals surface area contributed by atoms with Gasteiger partial charge in [-0.2, -0.15) is 0 Å². The van der Waals surface area contributed by atoms with Gasteiger partial charge in [0.1, 0.15) is 0 Å². The minimum Gasteiger partial charge on any atom is -0.359 e. The maximum Gasteiger partial charge on any atom is 0.0974 e. The van der Waals surface area contributed by atoms with Crippen LogP contribution >= 0.6 is 0 Å². The topological polar surface area (TPSA) is 21.3 Å². The second-order valence-corrected chi connectivity index (χ2v) is 13.6. The number of fused-ring (bicyclic) bond motifs is 2. The average Bonchev–Trinajstić information content (AvgIpc) is 3.33. The van der Waals surface area contributed by atoms with E-state index in [2.05, 4.69) is 87.6 Å². The lowest BCUT2D eigenvalue weighted by molar-refractivity contribution is -0.136. The summed E-state index contributed by atoms with van der Waals surface area (Å²) in [6.45, 7) is 9.48. The molecule has 2 aliphatic heterocycles. The first kappa shape index (κ1) is 22.3. The average molecular weight is 468 g/mol. The van der Waals surface area contributed by atoms with Crippen molar-refractivity contribution < 1.29 is 4.74 Å². The maximum atomic E-state index is 7.48. The molecule has 2 nitrogen and oxygen atoms in total. The second kappa shape index (κ2) is 7.33. The van der Waals surface area contributed by atoms with Gasteiger partial charge in [-0.25, -0.2) is 0 Å². The van der Waals surface area contributed by atoms with Crippen LogP contribution < -0.4 is 5.32 Å². The van der Waals surface area contributed by atoms with E-state index in [1.54, 1.807) is 5.57 Å². The zero-order valence-electron chi connectivity index (χ0n) is 22.0. The van der Waals surface area contributed by atoms with Crippen molar-refractivity contribution in [2.45, 2.75) is 108 Å². The molecule has 2 saturated carbocycles. The van der Waals surface area contributed by atoms with Gasteiger partial charge in [-0.05, 0) is 117 Å². The van der Waals surface area contributed by atoms with Gasteiger partial charge < -0.3 is 10.1 Å². The number of benzene rings is 2. The Morgan fingerprint density at radius 1 is 0.971 bits per heavy atom. The minimum absolute atomic E-state index is 0.0300. The highest BCUT2D eigenvalue weighted by molar-refractivity contribution is 5.83. The molecule has 1 saturated heterocycles. The Bertz CT molecular complexity index is 1250. The largest absolute Gasteiger partial charge is 0.359 e. The van der Waals surface area contributed by atoms with Gasteiger partial charge in [-0.3, -0.25) is 0 Å². The van der Waals surface area contributed by atoms with Gasteiger partial charge in [-0.1, -0.05) is 61.5 Å². The Labute approximate surface area is 211 Å². The standard InChI is InChI=1S/C33H41NO/c1-30(2,3)34-27-12-11-25-20-26-15-16-31(4)28(24-10-9-22-7-5-6-8-23(22)19-24)13-14-29(31)33(26)18-17-32(25,21-27)35-33/h5-10,15,19-20,27-29,34H,11-14,16-18,21H2,1-4H3/t27-,28?,29+,31+,32+,33?/m0/s1. The lowest BCUT2D eigenvalue weighted by atomic mass is 9.58. The van der Waals surface area contributed by atoms with Crippen molar-refractivity contribution in [3.8, 4) is 0 Å². The predicted octanol–water partition coefficient (Wildman–Crippen LogP) is 7.84. The summed E-state index contributed by atoms with van der Waals surface area (Å²) in [5.74, 6) is 1.22. The Morgan fingerprint density at radius 2 is 1.80 bits per heavy atom. The molecule has 0 radical (unpaired) electrons. The summed E-state index contributed by atoms with van der Waals surface area (Å²) in [6.07, 6.45) is 14.9. The third-order valence-corrected chi connectivity index (χ3v) is 10.5. The van der Waals surface area contributed by atoms with Crippen LogP contribution in [0.4, 0.5) is 0 Å². The normalized spacial score (nSPS) is 40.1. The Morgan fingerprint density at radius 3 is 2.63 bits per heavy atom. The Kier molecular flexibility index (Phi) is 4.67. The molecule has 3 fully saturated rings. The summed E-state index contributed by atoms with van der Waals surface area (Å²) < 4.78 is 7.48. The number of rotatable bonds is 2. The molecule has 0 amide bonds. The molecule has 2 spiro atoms. The zero-order chi connectivity index (χ0) is 24.1. The molecule has 184 valence electrons. The highest BCUT2D eigenvalue weighted by atomic mass is 16.5. The smallest absolute Gasteiger partial charge is 0.0974 e. The lowest BCUT2D eigenvalue weighted by Crippen LogP contribution is -2.56. The quantitative estimate of drug-likeness (QED) is 0.486. The summed E-state index contributed by atoms with van der Waals surface area (Å²) in [6, 6.07) is 16.6. The highest BCUT2D eigenvalue weighted by Gasteiger charge is 2.66. The molecule has 0 aromatic heterocycles. The first-order valence-corrected chi connectivity index (χ1v) is 14.1. The van der Waals surface area contributed by atoms with Crippen molar-refractivity contribution in [2.75, 3.05) is 0 Å². The molecule has 2 aromatic rings. The molecule has 5 aliphatic rings. The molecule has 3 aliphatic carbocycles. The SMILES string of the molecule is CC(C)(C)N[C@H]1CCC2=CC3=CC[C@]4(C)C(c5ccc6ccccc6c5)CC[C@H]4C34CC[C@]2(C1)O4.